The van der Waals surface area contributed by atoms with Crippen molar-refractivity contribution in [2.45, 2.75) is 103 Å². The molecule has 5 rings (SSSR count). The molecule has 0 radical (unpaired) electrons. The summed E-state index contributed by atoms with van der Waals surface area (Å²) in [5, 5.41) is 27.6. The summed E-state index contributed by atoms with van der Waals surface area (Å²) in [5.74, 6) is -4.93. The first-order valence-corrected chi connectivity index (χ1v) is 26.1. The molecule has 0 aromatic heterocycles. The molecule has 0 bridgehead atoms. The number of aliphatic carboxylic acids is 1. The molecule has 80 heavy (non-hydrogen) atoms. The van der Waals surface area contributed by atoms with Crippen LogP contribution < -0.4 is 42.0 Å². The molecule has 21 nitrogen and oxygen atoms in total. The molecule has 0 aliphatic heterocycles. The van der Waals surface area contributed by atoms with Crippen molar-refractivity contribution < 1.29 is 67.1 Å². The number of benzene rings is 5. The number of rotatable bonds is 32. The highest BCUT2D eigenvalue weighted by atomic mass is 16.6. The van der Waals surface area contributed by atoms with Gasteiger partial charge in [0, 0.05) is 13.0 Å². The van der Waals surface area contributed by atoms with Gasteiger partial charge in [0.2, 0.25) is 29.5 Å². The minimum Gasteiger partial charge on any atom is -0.489 e. The molecule has 0 aliphatic carbocycles. The molecule has 0 fully saturated rings. The molecule has 0 saturated carbocycles. The lowest BCUT2D eigenvalue weighted by Crippen LogP contribution is -2.58. The van der Waals surface area contributed by atoms with Crippen LogP contribution in [0.2, 0.25) is 0 Å². The highest BCUT2D eigenvalue weighted by Crippen LogP contribution is 2.16. The monoisotopic (exact) mass is 1100 g/mol. The summed E-state index contributed by atoms with van der Waals surface area (Å²) in [5.41, 5.74) is 3.01. The number of carbonyl (C=O) groups is 8. The van der Waals surface area contributed by atoms with Crippen LogP contribution in [-0.4, -0.2) is 115 Å². The average molecular weight is 1100 g/mol. The molecule has 0 spiro atoms. The number of carboxylic acids is 1. The summed E-state index contributed by atoms with van der Waals surface area (Å²) in [6, 6.07) is 38.1. The van der Waals surface area contributed by atoms with E-state index in [2.05, 4.69) is 37.2 Å². The highest BCUT2D eigenvalue weighted by Gasteiger charge is 2.30. The van der Waals surface area contributed by atoms with Gasteiger partial charge in [-0.15, -0.1) is 0 Å². The predicted molar refractivity (Wildman–Crippen MR) is 294 cm³/mol. The Balaban J connectivity index is 1.24. The minimum absolute atomic E-state index is 0.00865. The van der Waals surface area contributed by atoms with Crippen LogP contribution in [0, 0.1) is 0 Å². The molecular weight excluding hydrogens is 1030 g/mol. The van der Waals surface area contributed by atoms with E-state index in [1.165, 1.54) is 0 Å². The fourth-order valence-corrected chi connectivity index (χ4v) is 7.50. The van der Waals surface area contributed by atoms with Crippen LogP contribution in [0.3, 0.4) is 0 Å². The maximum absolute atomic E-state index is 14.4. The van der Waals surface area contributed by atoms with Crippen molar-refractivity contribution in [2.75, 3.05) is 32.8 Å². The Labute approximate surface area is 465 Å². The van der Waals surface area contributed by atoms with Crippen molar-refractivity contribution in [3.05, 3.63) is 173 Å². The number of carbonyl (C=O) groups excluding carboxylic acids is 7. The topological polar surface area (TPSA) is 287 Å². The maximum Gasteiger partial charge on any atom is 0.408 e. The quantitative estimate of drug-likeness (QED) is 0.0263. The third-order valence-electron chi connectivity index (χ3n) is 11.6. The van der Waals surface area contributed by atoms with E-state index < -0.39 is 97.2 Å². The first kappa shape index (κ1) is 62.0. The van der Waals surface area contributed by atoms with Gasteiger partial charge in [0.05, 0.1) is 39.5 Å². The molecule has 0 saturated heterocycles. The average Bonchev–Trinajstić information content (AvgIpc) is 3.44. The van der Waals surface area contributed by atoms with Crippen LogP contribution in [0.4, 0.5) is 9.59 Å². The van der Waals surface area contributed by atoms with E-state index in [-0.39, 0.29) is 45.8 Å². The molecule has 5 aromatic carbocycles. The van der Waals surface area contributed by atoms with Gasteiger partial charge in [-0.3, -0.25) is 24.0 Å². The molecule has 0 aliphatic rings. The third-order valence-corrected chi connectivity index (χ3v) is 11.6. The fourth-order valence-electron chi connectivity index (χ4n) is 7.50. The highest BCUT2D eigenvalue weighted by molar-refractivity contribution is 5.95. The van der Waals surface area contributed by atoms with E-state index in [4.69, 9.17) is 23.7 Å². The van der Waals surface area contributed by atoms with E-state index in [1.54, 1.807) is 69.3 Å². The number of unbranched alkanes of at least 4 members (excludes halogenated alkanes) is 1. The van der Waals surface area contributed by atoms with Gasteiger partial charge < -0.3 is 66.0 Å². The summed E-state index contributed by atoms with van der Waals surface area (Å²) in [6.07, 6.45) is -0.951. The second kappa shape index (κ2) is 33.5. The van der Waals surface area contributed by atoms with Crippen molar-refractivity contribution in [2.24, 2.45) is 0 Å². The predicted octanol–water partition coefficient (Wildman–Crippen LogP) is 5.00. The summed E-state index contributed by atoms with van der Waals surface area (Å²) in [7, 11) is 0. The SMILES string of the molecule is CC(C)(C)OC(=O)N[C@@H](COCc1ccccc1)C(=O)NCC(=O)N[C@@H](Cc1ccc(OCc2ccccc2)cc1)C(=O)N[C@@H](COCc1ccccc1)C(=O)NCC(=O)N[C@@H](CCCCNC(=O)OCc1ccccc1)C(=O)O. The van der Waals surface area contributed by atoms with Crippen LogP contribution in [0.1, 0.15) is 67.9 Å². The largest absolute Gasteiger partial charge is 0.489 e. The molecule has 426 valence electrons. The van der Waals surface area contributed by atoms with Gasteiger partial charge in [-0.2, -0.15) is 0 Å². The lowest BCUT2D eigenvalue weighted by atomic mass is 10.0. The lowest BCUT2D eigenvalue weighted by molar-refractivity contribution is -0.142. The number of amides is 7. The van der Waals surface area contributed by atoms with Crippen LogP contribution in [0.25, 0.3) is 0 Å². The zero-order valence-electron chi connectivity index (χ0n) is 45.1. The molecule has 0 heterocycles. The molecule has 4 atom stereocenters. The first-order valence-electron chi connectivity index (χ1n) is 26.1. The Morgan fingerprint density at radius 3 is 1.41 bits per heavy atom. The minimum atomic E-state index is -1.45. The van der Waals surface area contributed by atoms with Crippen molar-refractivity contribution in [3.63, 3.8) is 0 Å². The van der Waals surface area contributed by atoms with Gasteiger partial charge in [-0.1, -0.05) is 133 Å². The Kier molecular flexibility index (Phi) is 25.9. The number of carboxylic acid groups (broad SMARTS) is 1. The maximum atomic E-state index is 14.4. The summed E-state index contributed by atoms with van der Waals surface area (Å²) in [4.78, 5) is 106. The summed E-state index contributed by atoms with van der Waals surface area (Å²) in [6.45, 7) is 3.68. The molecule has 21 heteroatoms. The summed E-state index contributed by atoms with van der Waals surface area (Å²) >= 11 is 0. The molecular formula is C59H71N7O14. The van der Waals surface area contributed by atoms with Crippen molar-refractivity contribution in [1.29, 1.82) is 0 Å². The van der Waals surface area contributed by atoms with Crippen molar-refractivity contribution >= 4 is 47.7 Å². The van der Waals surface area contributed by atoms with Gasteiger partial charge in [-0.05, 0) is 80.0 Å². The van der Waals surface area contributed by atoms with E-state index in [1.807, 2.05) is 97.1 Å². The number of alkyl carbamates (subject to hydrolysis) is 2. The van der Waals surface area contributed by atoms with E-state index in [0.717, 1.165) is 22.3 Å². The van der Waals surface area contributed by atoms with E-state index in [9.17, 15) is 43.5 Å². The summed E-state index contributed by atoms with van der Waals surface area (Å²) < 4.78 is 28.1. The van der Waals surface area contributed by atoms with Gasteiger partial charge in [0.1, 0.15) is 48.7 Å². The second-order valence-corrected chi connectivity index (χ2v) is 19.4. The smallest absolute Gasteiger partial charge is 0.408 e. The van der Waals surface area contributed by atoms with Gasteiger partial charge in [0.15, 0.2) is 0 Å². The van der Waals surface area contributed by atoms with Gasteiger partial charge in [0.25, 0.3) is 0 Å². The number of hydrogen-bond acceptors (Lipinski definition) is 13. The van der Waals surface area contributed by atoms with Crippen LogP contribution in [-0.2, 0) is 80.6 Å². The molecule has 7 amide bonds. The lowest BCUT2D eigenvalue weighted by Gasteiger charge is -2.24. The van der Waals surface area contributed by atoms with Gasteiger partial charge >= 0.3 is 18.2 Å². The zero-order valence-corrected chi connectivity index (χ0v) is 45.1. The third kappa shape index (κ3) is 24.7. The standard InChI is InChI=1S/C59H71N7O14/c1-59(2,3)80-58(75)66-50(40-77-36-43-20-10-5-11-21-43)54(70)62-34-52(68)64-48(32-41-27-29-46(30-28-41)78-37-44-22-12-6-13-23-44)55(71)65-49(39-76-35-42-18-8-4-9-19-42)53(69)61-33-51(67)63-47(56(72)73)26-16-17-31-60-57(74)79-38-45-24-14-7-15-25-45/h4-15,18-25,27-30,47-50H,16-17,26,31-40H2,1-3H3,(H,60,74)(H,61,69)(H,62,70)(H,63,67)(H,64,68)(H,65,71)(H,66,75)(H,72,73)/t47-,48-,49-,50-/m0/s1. The number of nitrogens with one attached hydrogen (secondary N) is 7. The molecule has 0 unspecified atom stereocenters. The Morgan fingerprint density at radius 2 is 0.925 bits per heavy atom. The van der Waals surface area contributed by atoms with Crippen molar-refractivity contribution in [1.82, 2.24) is 37.2 Å². The Morgan fingerprint density at radius 1 is 0.463 bits per heavy atom. The molecule has 5 aromatic rings. The van der Waals surface area contributed by atoms with Gasteiger partial charge in [-0.25, -0.2) is 14.4 Å². The fraction of sp³-hybridized carbons (Fsp3) is 0.356. The Bertz CT molecular complexity index is 2730. The Hall–Kier alpha value is -8.82. The first-order chi connectivity index (χ1) is 38.5. The van der Waals surface area contributed by atoms with Crippen LogP contribution >= 0.6 is 0 Å². The second-order valence-electron chi connectivity index (χ2n) is 19.4. The van der Waals surface area contributed by atoms with Crippen molar-refractivity contribution in [3.8, 4) is 5.75 Å². The number of ether oxygens (including phenoxy) is 5. The van der Waals surface area contributed by atoms with Crippen LogP contribution in [0.5, 0.6) is 5.75 Å². The number of hydrogen-bond donors (Lipinski definition) is 8. The van der Waals surface area contributed by atoms with E-state index in [0.29, 0.717) is 30.8 Å². The van der Waals surface area contributed by atoms with Crippen LogP contribution in [0.15, 0.2) is 146 Å². The zero-order chi connectivity index (χ0) is 57.5. The normalized spacial score (nSPS) is 12.4. The van der Waals surface area contributed by atoms with E-state index >= 15 is 0 Å². The molecule has 8 N–H and O–H groups in total.